The monoisotopic (exact) mass is 541 g/mol. The molecule has 0 spiro atoms. The number of aryl methyl sites for hydroxylation is 1. The second kappa shape index (κ2) is 12.1. The van der Waals surface area contributed by atoms with Crippen LogP contribution in [0.4, 0.5) is 11.4 Å². The molecule has 0 bridgehead atoms. The zero-order valence-electron chi connectivity index (χ0n) is 23.9. The number of amides is 2. The molecule has 0 atom stereocenters. The van der Waals surface area contributed by atoms with E-state index in [2.05, 4.69) is 34.1 Å². The molecule has 40 heavy (non-hydrogen) atoms. The lowest BCUT2D eigenvalue weighted by Crippen LogP contribution is -2.47. The molecule has 2 heterocycles. The summed E-state index contributed by atoms with van der Waals surface area (Å²) in [6.45, 7) is 9.14. The summed E-state index contributed by atoms with van der Waals surface area (Å²) in [4.78, 5) is 34.9. The summed E-state index contributed by atoms with van der Waals surface area (Å²) in [5, 5.41) is 3.05. The van der Waals surface area contributed by atoms with Crippen molar-refractivity contribution in [2.75, 3.05) is 83.8 Å². The molecule has 8 nitrogen and oxygen atoms in total. The van der Waals surface area contributed by atoms with Crippen LogP contribution in [0.25, 0.3) is 11.1 Å². The SMILES string of the molecule is COc1ccc(NC(=O)c2ccc(-c3ccc(C(=O)N4CCN(C)CC4)cc3C)cc2)cc1N1CCN(C)CC1. The van der Waals surface area contributed by atoms with Crippen molar-refractivity contribution in [2.45, 2.75) is 6.92 Å². The number of piperazine rings is 2. The maximum absolute atomic E-state index is 13.1. The largest absolute Gasteiger partial charge is 0.495 e. The summed E-state index contributed by atoms with van der Waals surface area (Å²) < 4.78 is 5.60. The zero-order valence-corrected chi connectivity index (χ0v) is 23.9. The van der Waals surface area contributed by atoms with Crippen LogP contribution in [0.15, 0.2) is 60.7 Å². The molecule has 0 saturated carbocycles. The molecular weight excluding hydrogens is 502 g/mol. The second-order valence-corrected chi connectivity index (χ2v) is 10.8. The van der Waals surface area contributed by atoms with Crippen molar-refractivity contribution in [3.63, 3.8) is 0 Å². The number of benzene rings is 3. The Balaban J connectivity index is 1.26. The predicted octanol–water partition coefficient (Wildman–Crippen LogP) is 4.06. The fourth-order valence-electron chi connectivity index (χ4n) is 5.38. The lowest BCUT2D eigenvalue weighted by atomic mass is 9.97. The van der Waals surface area contributed by atoms with Crippen molar-refractivity contribution in [1.82, 2.24) is 14.7 Å². The quantitative estimate of drug-likeness (QED) is 0.508. The number of anilines is 2. The van der Waals surface area contributed by atoms with Gasteiger partial charge in [0, 0.05) is 69.2 Å². The summed E-state index contributed by atoms with van der Waals surface area (Å²) in [7, 11) is 5.89. The third kappa shape index (κ3) is 6.13. The number of methoxy groups -OCH3 is 1. The lowest BCUT2D eigenvalue weighted by Gasteiger charge is -2.34. The Hall–Kier alpha value is -3.88. The van der Waals surface area contributed by atoms with Crippen molar-refractivity contribution in [3.05, 3.63) is 77.4 Å². The van der Waals surface area contributed by atoms with Gasteiger partial charge in [0.05, 0.1) is 12.8 Å². The van der Waals surface area contributed by atoms with Gasteiger partial charge in [0.1, 0.15) is 5.75 Å². The first-order chi connectivity index (χ1) is 19.3. The van der Waals surface area contributed by atoms with Crippen LogP contribution in [0.2, 0.25) is 0 Å². The number of carbonyl (C=O) groups is 2. The molecule has 3 aromatic carbocycles. The third-order valence-corrected chi connectivity index (χ3v) is 8.00. The predicted molar refractivity (Wildman–Crippen MR) is 161 cm³/mol. The number of nitrogens with one attached hydrogen (secondary N) is 1. The van der Waals surface area contributed by atoms with E-state index in [-0.39, 0.29) is 11.8 Å². The summed E-state index contributed by atoms with van der Waals surface area (Å²) in [5.41, 5.74) is 6.13. The maximum atomic E-state index is 13.1. The molecule has 210 valence electrons. The normalized spacial score (nSPS) is 16.6. The van der Waals surface area contributed by atoms with E-state index in [1.54, 1.807) is 7.11 Å². The van der Waals surface area contributed by atoms with E-state index in [0.717, 1.165) is 91.7 Å². The topological polar surface area (TPSA) is 68.4 Å². The van der Waals surface area contributed by atoms with E-state index in [1.807, 2.05) is 72.5 Å². The van der Waals surface area contributed by atoms with Gasteiger partial charge in [-0.25, -0.2) is 0 Å². The fourth-order valence-corrected chi connectivity index (χ4v) is 5.38. The van der Waals surface area contributed by atoms with Crippen LogP contribution in [-0.2, 0) is 0 Å². The Morgan fingerprint density at radius 2 is 1.38 bits per heavy atom. The number of likely N-dealkylation sites (N-methyl/N-ethyl adjacent to an activating group) is 2. The molecule has 0 radical (unpaired) electrons. The van der Waals surface area contributed by atoms with E-state index in [9.17, 15) is 9.59 Å². The van der Waals surface area contributed by atoms with Crippen molar-refractivity contribution in [3.8, 4) is 16.9 Å². The van der Waals surface area contributed by atoms with Gasteiger partial charge in [-0.05, 0) is 80.2 Å². The molecule has 1 N–H and O–H groups in total. The van der Waals surface area contributed by atoms with Gasteiger partial charge in [-0.1, -0.05) is 18.2 Å². The van der Waals surface area contributed by atoms with E-state index in [4.69, 9.17) is 4.74 Å². The molecule has 0 aliphatic carbocycles. The lowest BCUT2D eigenvalue weighted by molar-refractivity contribution is 0.0664. The highest BCUT2D eigenvalue weighted by Crippen LogP contribution is 2.32. The molecule has 8 heteroatoms. The van der Waals surface area contributed by atoms with Gasteiger partial charge in [0.25, 0.3) is 11.8 Å². The number of nitrogens with zero attached hydrogens (tertiary/aromatic N) is 4. The van der Waals surface area contributed by atoms with E-state index >= 15 is 0 Å². The molecule has 2 aliphatic rings. The standard InChI is InChI=1S/C32H39N5O3/c1-23-21-26(32(39)37-19-15-35(3)16-20-37)9-11-28(23)24-5-7-25(8-6-24)31(38)33-27-10-12-30(40-4)29(22-27)36-17-13-34(2)14-18-36/h5-12,21-22H,13-20H2,1-4H3,(H,33,38). The van der Waals surface area contributed by atoms with Gasteiger partial charge in [-0.3, -0.25) is 9.59 Å². The zero-order chi connectivity index (χ0) is 28.2. The average molecular weight is 542 g/mol. The highest BCUT2D eigenvalue weighted by molar-refractivity contribution is 6.05. The number of rotatable bonds is 6. The molecule has 2 amide bonds. The van der Waals surface area contributed by atoms with Gasteiger partial charge in [0.2, 0.25) is 0 Å². The number of ether oxygens (including phenoxy) is 1. The van der Waals surface area contributed by atoms with Gasteiger partial charge >= 0.3 is 0 Å². The molecule has 2 aliphatic heterocycles. The molecule has 0 aromatic heterocycles. The number of carbonyl (C=O) groups excluding carboxylic acids is 2. The first-order valence-corrected chi connectivity index (χ1v) is 13.9. The Morgan fingerprint density at radius 3 is 2.00 bits per heavy atom. The molecule has 2 fully saturated rings. The molecule has 2 saturated heterocycles. The molecular formula is C32H39N5O3. The highest BCUT2D eigenvalue weighted by Gasteiger charge is 2.21. The molecule has 0 unspecified atom stereocenters. The summed E-state index contributed by atoms with van der Waals surface area (Å²) in [5.74, 6) is 0.730. The van der Waals surface area contributed by atoms with E-state index in [1.165, 1.54) is 0 Å². The van der Waals surface area contributed by atoms with Crippen LogP contribution >= 0.6 is 0 Å². The third-order valence-electron chi connectivity index (χ3n) is 8.00. The first kappa shape index (κ1) is 27.7. The minimum atomic E-state index is -0.161. The average Bonchev–Trinajstić information content (AvgIpc) is 2.97. The van der Waals surface area contributed by atoms with E-state index < -0.39 is 0 Å². The van der Waals surface area contributed by atoms with Gasteiger partial charge in [-0.15, -0.1) is 0 Å². The maximum Gasteiger partial charge on any atom is 0.255 e. The van der Waals surface area contributed by atoms with Crippen LogP contribution in [0.3, 0.4) is 0 Å². The number of hydrogen-bond donors (Lipinski definition) is 1. The van der Waals surface area contributed by atoms with Crippen molar-refractivity contribution >= 4 is 23.2 Å². The summed E-state index contributed by atoms with van der Waals surface area (Å²) >= 11 is 0. The Bertz CT molecular complexity index is 1360. The Morgan fingerprint density at radius 1 is 0.750 bits per heavy atom. The minimum Gasteiger partial charge on any atom is -0.495 e. The van der Waals surface area contributed by atoms with Crippen LogP contribution in [0.5, 0.6) is 5.75 Å². The van der Waals surface area contributed by atoms with Crippen LogP contribution in [-0.4, -0.2) is 100 Å². The van der Waals surface area contributed by atoms with Crippen molar-refractivity contribution < 1.29 is 14.3 Å². The summed E-state index contributed by atoms with van der Waals surface area (Å²) in [6, 6.07) is 19.3. The first-order valence-electron chi connectivity index (χ1n) is 13.9. The summed E-state index contributed by atoms with van der Waals surface area (Å²) in [6.07, 6.45) is 0. The Labute approximate surface area is 237 Å². The minimum absolute atomic E-state index is 0.0871. The Kier molecular flexibility index (Phi) is 8.38. The molecule has 5 rings (SSSR count). The van der Waals surface area contributed by atoms with E-state index in [0.29, 0.717) is 5.56 Å². The van der Waals surface area contributed by atoms with Crippen LogP contribution in [0.1, 0.15) is 26.3 Å². The van der Waals surface area contributed by atoms with Crippen LogP contribution < -0.4 is 15.0 Å². The van der Waals surface area contributed by atoms with Crippen LogP contribution in [0, 0.1) is 6.92 Å². The second-order valence-electron chi connectivity index (χ2n) is 10.8. The smallest absolute Gasteiger partial charge is 0.255 e. The van der Waals surface area contributed by atoms with Gasteiger partial charge in [-0.2, -0.15) is 0 Å². The van der Waals surface area contributed by atoms with Crippen molar-refractivity contribution in [2.24, 2.45) is 0 Å². The number of hydrogen-bond acceptors (Lipinski definition) is 6. The van der Waals surface area contributed by atoms with Gasteiger partial charge in [0.15, 0.2) is 0 Å². The molecule has 3 aromatic rings. The van der Waals surface area contributed by atoms with Crippen molar-refractivity contribution in [1.29, 1.82) is 0 Å². The highest BCUT2D eigenvalue weighted by atomic mass is 16.5. The fraction of sp³-hybridized carbons (Fsp3) is 0.375. The van der Waals surface area contributed by atoms with Gasteiger partial charge < -0.3 is 29.7 Å².